The van der Waals surface area contributed by atoms with Crippen molar-refractivity contribution in [2.75, 3.05) is 24.6 Å². The van der Waals surface area contributed by atoms with Crippen LogP contribution in [0.25, 0.3) is 0 Å². The van der Waals surface area contributed by atoms with Crippen molar-refractivity contribution in [2.24, 2.45) is 10.7 Å². The molecule has 0 saturated carbocycles. The molecule has 76 valence electrons. The van der Waals surface area contributed by atoms with Crippen LogP contribution in [0.4, 0.5) is 0 Å². The topological polar surface area (TPSA) is 58.7 Å². The Bertz CT molecular complexity index is 217. The van der Waals surface area contributed by atoms with Crippen molar-refractivity contribution in [3.63, 3.8) is 0 Å². The van der Waals surface area contributed by atoms with Crippen LogP contribution in [0, 0.1) is 0 Å². The van der Waals surface area contributed by atoms with Gasteiger partial charge in [-0.1, -0.05) is 0 Å². The second kappa shape index (κ2) is 4.60. The fourth-order valence-corrected chi connectivity index (χ4v) is 2.27. The maximum absolute atomic E-state index is 11.1. The summed E-state index contributed by atoms with van der Waals surface area (Å²) in [6.45, 7) is 5.53. The van der Waals surface area contributed by atoms with Crippen molar-refractivity contribution in [3.8, 4) is 0 Å². The van der Waals surface area contributed by atoms with Gasteiger partial charge in [-0.3, -0.25) is 9.20 Å². The lowest BCUT2D eigenvalue weighted by Gasteiger charge is -2.27. The molecule has 0 radical (unpaired) electrons. The lowest BCUT2D eigenvalue weighted by molar-refractivity contribution is 0.446. The molecule has 1 saturated heterocycles. The number of nitrogens with zero attached hydrogens (tertiary/aromatic N) is 2. The third-order valence-electron chi connectivity index (χ3n) is 1.89. The van der Waals surface area contributed by atoms with Crippen LogP contribution in [-0.2, 0) is 10.8 Å². The third-order valence-corrected chi connectivity index (χ3v) is 3.17. The molecule has 2 N–H and O–H groups in total. The molecule has 0 unspecified atom stereocenters. The molecule has 1 aliphatic rings. The summed E-state index contributed by atoms with van der Waals surface area (Å²) in [5.41, 5.74) is 5.77. The first-order valence-electron chi connectivity index (χ1n) is 4.53. The molecule has 13 heavy (non-hydrogen) atoms. The zero-order valence-corrected chi connectivity index (χ0v) is 9.01. The molecule has 1 fully saturated rings. The van der Waals surface area contributed by atoms with E-state index in [9.17, 15) is 4.21 Å². The van der Waals surface area contributed by atoms with Gasteiger partial charge in [-0.2, -0.15) is 0 Å². The molecule has 1 aliphatic heterocycles. The molecule has 0 bridgehead atoms. The minimum Gasteiger partial charge on any atom is -0.370 e. The highest BCUT2D eigenvalue weighted by Crippen LogP contribution is 2.00. The van der Waals surface area contributed by atoms with Crippen LogP contribution in [0.5, 0.6) is 0 Å². The number of aliphatic imine (C=N–C) groups is 1. The van der Waals surface area contributed by atoms with Crippen molar-refractivity contribution in [1.82, 2.24) is 4.90 Å². The van der Waals surface area contributed by atoms with E-state index in [1.807, 2.05) is 18.7 Å². The highest BCUT2D eigenvalue weighted by Gasteiger charge is 2.16. The average Bonchev–Trinajstić information content (AvgIpc) is 2.04. The van der Waals surface area contributed by atoms with E-state index >= 15 is 0 Å². The Morgan fingerprint density at radius 1 is 1.46 bits per heavy atom. The molecule has 0 aromatic carbocycles. The van der Waals surface area contributed by atoms with Crippen molar-refractivity contribution >= 4 is 16.8 Å². The van der Waals surface area contributed by atoms with Crippen molar-refractivity contribution in [1.29, 1.82) is 0 Å². The lowest BCUT2D eigenvalue weighted by Crippen LogP contribution is -2.45. The summed E-state index contributed by atoms with van der Waals surface area (Å²) in [5, 5.41) is 0. The molecule has 0 aromatic heterocycles. The average molecular weight is 203 g/mol. The monoisotopic (exact) mass is 203 g/mol. The zero-order valence-electron chi connectivity index (χ0n) is 8.19. The molecule has 1 rings (SSSR count). The minimum atomic E-state index is -0.642. The molecule has 4 nitrogen and oxygen atoms in total. The summed E-state index contributed by atoms with van der Waals surface area (Å²) in [6, 6.07) is 0.229. The minimum absolute atomic E-state index is 0.229. The smallest absolute Gasteiger partial charge is 0.191 e. The summed E-state index contributed by atoms with van der Waals surface area (Å²) < 4.78 is 11.1. The first kappa shape index (κ1) is 10.5. The number of nitrogens with two attached hydrogens (primary N) is 1. The standard InChI is InChI=1S/C8H17N3OS/c1-7(2)10-8(9)11-3-5-13(12)6-4-11/h7H,3-6H2,1-2H3,(H2,9,10). The Hall–Kier alpha value is -0.580. The number of guanidine groups is 1. The van der Waals surface area contributed by atoms with Crippen molar-refractivity contribution < 1.29 is 4.21 Å². The van der Waals surface area contributed by atoms with E-state index in [4.69, 9.17) is 5.73 Å². The number of rotatable bonds is 1. The van der Waals surface area contributed by atoms with Gasteiger partial charge in [0.1, 0.15) is 0 Å². The third kappa shape index (κ3) is 3.34. The summed E-state index contributed by atoms with van der Waals surface area (Å²) in [7, 11) is -0.642. The van der Waals surface area contributed by atoms with Gasteiger partial charge in [0.05, 0.1) is 0 Å². The van der Waals surface area contributed by atoms with Crippen LogP contribution in [-0.4, -0.2) is 45.7 Å². The van der Waals surface area contributed by atoms with E-state index in [0.717, 1.165) is 13.1 Å². The summed E-state index contributed by atoms with van der Waals surface area (Å²) >= 11 is 0. The van der Waals surface area contributed by atoms with Gasteiger partial charge in [-0.05, 0) is 13.8 Å². The first-order chi connectivity index (χ1) is 6.09. The van der Waals surface area contributed by atoms with Gasteiger partial charge in [-0.25, -0.2) is 0 Å². The Kier molecular flexibility index (Phi) is 3.71. The highest BCUT2D eigenvalue weighted by molar-refractivity contribution is 7.85. The predicted molar refractivity (Wildman–Crippen MR) is 56.2 cm³/mol. The predicted octanol–water partition coefficient (Wildman–Crippen LogP) is -0.226. The molecule has 1 heterocycles. The molecule has 0 aromatic rings. The van der Waals surface area contributed by atoms with E-state index in [1.165, 1.54) is 0 Å². The van der Waals surface area contributed by atoms with E-state index in [1.54, 1.807) is 0 Å². The van der Waals surface area contributed by atoms with Gasteiger partial charge >= 0.3 is 0 Å². The fourth-order valence-electron chi connectivity index (χ4n) is 1.21. The first-order valence-corrected chi connectivity index (χ1v) is 6.01. The van der Waals surface area contributed by atoms with Crippen molar-refractivity contribution in [3.05, 3.63) is 0 Å². The van der Waals surface area contributed by atoms with Crippen LogP contribution in [0.1, 0.15) is 13.8 Å². The zero-order chi connectivity index (χ0) is 9.84. The Balaban J connectivity index is 2.48. The molecular formula is C8H17N3OS. The normalized spacial score (nSPS) is 21.2. The van der Waals surface area contributed by atoms with Gasteiger partial charge in [-0.15, -0.1) is 0 Å². The Labute approximate surface area is 81.7 Å². The van der Waals surface area contributed by atoms with Crippen LogP contribution < -0.4 is 5.73 Å². The van der Waals surface area contributed by atoms with E-state index in [2.05, 4.69) is 4.99 Å². The molecular weight excluding hydrogens is 186 g/mol. The van der Waals surface area contributed by atoms with Crippen LogP contribution in [0.15, 0.2) is 4.99 Å². The maximum atomic E-state index is 11.1. The fraction of sp³-hybridized carbons (Fsp3) is 0.875. The SMILES string of the molecule is CC(C)N=C(N)N1CCS(=O)CC1. The highest BCUT2D eigenvalue weighted by atomic mass is 32.2. The molecule has 0 atom stereocenters. The van der Waals surface area contributed by atoms with Crippen molar-refractivity contribution in [2.45, 2.75) is 19.9 Å². The number of hydrogen-bond acceptors (Lipinski definition) is 2. The Morgan fingerprint density at radius 2 is 2.00 bits per heavy atom. The van der Waals surface area contributed by atoms with Gasteiger partial charge in [0.25, 0.3) is 0 Å². The lowest BCUT2D eigenvalue weighted by atomic mass is 10.4. The molecule has 5 heteroatoms. The maximum Gasteiger partial charge on any atom is 0.191 e. The summed E-state index contributed by atoms with van der Waals surface area (Å²) in [5.74, 6) is 2.02. The van der Waals surface area contributed by atoms with E-state index in [-0.39, 0.29) is 6.04 Å². The largest absolute Gasteiger partial charge is 0.370 e. The molecule has 0 amide bonds. The van der Waals surface area contributed by atoms with Gasteiger partial charge < -0.3 is 10.6 Å². The van der Waals surface area contributed by atoms with Gasteiger partial charge in [0.2, 0.25) is 0 Å². The molecule has 0 spiro atoms. The van der Waals surface area contributed by atoms with Crippen LogP contribution in [0.3, 0.4) is 0 Å². The molecule has 0 aliphatic carbocycles. The van der Waals surface area contributed by atoms with Crippen LogP contribution in [0.2, 0.25) is 0 Å². The summed E-state index contributed by atoms with van der Waals surface area (Å²) in [6.07, 6.45) is 0. The van der Waals surface area contributed by atoms with Gasteiger partial charge in [0.15, 0.2) is 5.96 Å². The summed E-state index contributed by atoms with van der Waals surface area (Å²) in [4.78, 5) is 6.25. The van der Waals surface area contributed by atoms with Crippen LogP contribution >= 0.6 is 0 Å². The van der Waals surface area contributed by atoms with E-state index in [0.29, 0.717) is 17.5 Å². The number of hydrogen-bond donors (Lipinski definition) is 1. The second-order valence-electron chi connectivity index (χ2n) is 3.42. The van der Waals surface area contributed by atoms with E-state index < -0.39 is 10.8 Å². The Morgan fingerprint density at radius 3 is 2.46 bits per heavy atom. The second-order valence-corrected chi connectivity index (χ2v) is 5.11. The van der Waals surface area contributed by atoms with Gasteiger partial charge in [0, 0.05) is 41.4 Å². The quantitative estimate of drug-likeness (QED) is 0.473.